The third-order valence-corrected chi connectivity index (χ3v) is 5.72. The second-order valence-electron chi connectivity index (χ2n) is 8.40. The number of amides is 3. The summed E-state index contributed by atoms with van der Waals surface area (Å²) in [5.41, 5.74) is 2.49. The first-order valence-electron chi connectivity index (χ1n) is 10.4. The van der Waals surface area contributed by atoms with Crippen molar-refractivity contribution in [2.45, 2.75) is 77.4 Å². The molecule has 1 aromatic rings. The predicted molar refractivity (Wildman–Crippen MR) is 107 cm³/mol. The number of benzene rings is 1. The monoisotopic (exact) mass is 371 g/mol. The summed E-state index contributed by atoms with van der Waals surface area (Å²) in [4.78, 5) is 26.4. The fourth-order valence-electron chi connectivity index (χ4n) is 4.41. The van der Waals surface area contributed by atoms with Crippen LogP contribution in [0.15, 0.2) is 24.3 Å². The van der Waals surface area contributed by atoms with Crippen LogP contribution in [0.3, 0.4) is 0 Å². The highest BCUT2D eigenvalue weighted by atomic mass is 16.2. The highest BCUT2D eigenvalue weighted by molar-refractivity contribution is 5.78. The first-order chi connectivity index (χ1) is 13.0. The Balaban J connectivity index is 1.49. The van der Waals surface area contributed by atoms with Crippen molar-refractivity contribution in [3.8, 4) is 0 Å². The van der Waals surface area contributed by atoms with E-state index in [1.807, 2.05) is 11.0 Å². The van der Waals surface area contributed by atoms with Crippen molar-refractivity contribution in [1.82, 2.24) is 15.5 Å². The number of hydrogen-bond acceptors (Lipinski definition) is 2. The van der Waals surface area contributed by atoms with Gasteiger partial charge in [-0.15, -0.1) is 0 Å². The summed E-state index contributed by atoms with van der Waals surface area (Å²) >= 11 is 0. The van der Waals surface area contributed by atoms with Crippen LogP contribution in [0.4, 0.5) is 4.79 Å². The van der Waals surface area contributed by atoms with Crippen LogP contribution in [0.25, 0.3) is 0 Å². The first kappa shape index (κ1) is 19.7. The molecule has 1 saturated carbocycles. The van der Waals surface area contributed by atoms with E-state index in [-0.39, 0.29) is 18.0 Å². The smallest absolute Gasteiger partial charge is 0.315 e. The van der Waals surface area contributed by atoms with E-state index in [2.05, 4.69) is 42.7 Å². The fraction of sp³-hybridized carbons (Fsp3) is 0.636. The number of nitrogens with zero attached hydrogens (tertiary/aromatic N) is 1. The zero-order chi connectivity index (χ0) is 19.2. The maximum absolute atomic E-state index is 12.4. The van der Waals surface area contributed by atoms with E-state index in [0.29, 0.717) is 24.9 Å². The Morgan fingerprint density at radius 1 is 1.19 bits per heavy atom. The molecule has 27 heavy (non-hydrogen) atoms. The molecule has 2 unspecified atom stereocenters. The van der Waals surface area contributed by atoms with E-state index in [1.54, 1.807) is 0 Å². The lowest BCUT2D eigenvalue weighted by molar-refractivity contribution is -0.130. The Morgan fingerprint density at radius 3 is 2.67 bits per heavy atom. The number of rotatable bonds is 6. The van der Waals surface area contributed by atoms with E-state index in [9.17, 15) is 9.59 Å². The first-order valence-corrected chi connectivity index (χ1v) is 10.4. The SMILES string of the molecule is CC(C)Cc1ccccc1CNC(=O)NC1CCCC(N2CCCC2=O)C1. The topological polar surface area (TPSA) is 61.4 Å². The average molecular weight is 372 g/mol. The van der Waals surface area contributed by atoms with E-state index in [4.69, 9.17) is 0 Å². The summed E-state index contributed by atoms with van der Waals surface area (Å²) in [6.07, 6.45) is 6.69. The van der Waals surface area contributed by atoms with Gasteiger partial charge in [-0.3, -0.25) is 4.79 Å². The van der Waals surface area contributed by atoms with Crippen LogP contribution in [0, 0.1) is 5.92 Å². The Hall–Kier alpha value is -2.04. The molecule has 0 bridgehead atoms. The number of carbonyl (C=O) groups is 2. The maximum Gasteiger partial charge on any atom is 0.315 e. The molecular formula is C22H33N3O2. The molecule has 5 heteroatoms. The minimum absolute atomic E-state index is 0.104. The van der Waals surface area contributed by atoms with Crippen molar-refractivity contribution in [2.24, 2.45) is 5.92 Å². The molecule has 1 heterocycles. The Kier molecular flexibility index (Phi) is 6.75. The minimum atomic E-state index is -0.104. The van der Waals surface area contributed by atoms with Gasteiger partial charge in [0.25, 0.3) is 0 Å². The molecule has 2 atom stereocenters. The average Bonchev–Trinajstić information content (AvgIpc) is 3.07. The van der Waals surface area contributed by atoms with Crippen LogP contribution in [0.5, 0.6) is 0 Å². The van der Waals surface area contributed by atoms with Crippen LogP contribution >= 0.6 is 0 Å². The van der Waals surface area contributed by atoms with Gasteiger partial charge in [0.05, 0.1) is 0 Å². The molecule has 3 rings (SSSR count). The molecule has 5 nitrogen and oxygen atoms in total. The van der Waals surface area contributed by atoms with E-state index in [1.165, 1.54) is 11.1 Å². The molecule has 0 aromatic heterocycles. The van der Waals surface area contributed by atoms with Gasteiger partial charge in [0.1, 0.15) is 0 Å². The Morgan fingerprint density at radius 2 is 1.96 bits per heavy atom. The highest BCUT2D eigenvalue weighted by Gasteiger charge is 2.32. The van der Waals surface area contributed by atoms with Gasteiger partial charge in [-0.25, -0.2) is 4.79 Å². The number of likely N-dealkylation sites (tertiary alicyclic amines) is 1. The van der Waals surface area contributed by atoms with Crippen LogP contribution in [-0.4, -0.2) is 35.5 Å². The second-order valence-corrected chi connectivity index (χ2v) is 8.40. The quantitative estimate of drug-likeness (QED) is 0.802. The molecule has 0 radical (unpaired) electrons. The Bertz CT molecular complexity index is 659. The number of hydrogen-bond donors (Lipinski definition) is 2. The summed E-state index contributed by atoms with van der Waals surface area (Å²) in [7, 11) is 0. The zero-order valence-corrected chi connectivity index (χ0v) is 16.7. The van der Waals surface area contributed by atoms with E-state index < -0.39 is 0 Å². The van der Waals surface area contributed by atoms with Crippen LogP contribution in [-0.2, 0) is 17.8 Å². The highest BCUT2D eigenvalue weighted by Crippen LogP contribution is 2.26. The van der Waals surface area contributed by atoms with Crippen molar-refractivity contribution in [3.05, 3.63) is 35.4 Å². The lowest BCUT2D eigenvalue weighted by Gasteiger charge is -2.35. The van der Waals surface area contributed by atoms with Crippen molar-refractivity contribution < 1.29 is 9.59 Å². The van der Waals surface area contributed by atoms with Gasteiger partial charge in [-0.05, 0) is 55.6 Å². The largest absolute Gasteiger partial charge is 0.340 e. The Labute approximate surface area is 162 Å². The van der Waals surface area contributed by atoms with Gasteiger partial charge >= 0.3 is 6.03 Å². The third kappa shape index (κ3) is 5.47. The number of nitrogens with one attached hydrogen (secondary N) is 2. The van der Waals surface area contributed by atoms with Gasteiger partial charge in [-0.1, -0.05) is 38.1 Å². The molecule has 2 N–H and O–H groups in total. The molecule has 1 aromatic carbocycles. The molecule has 148 valence electrons. The molecule has 2 aliphatic rings. The molecule has 1 aliphatic heterocycles. The third-order valence-electron chi connectivity index (χ3n) is 5.72. The van der Waals surface area contributed by atoms with Gasteiger partial charge < -0.3 is 15.5 Å². The van der Waals surface area contributed by atoms with Crippen molar-refractivity contribution in [1.29, 1.82) is 0 Å². The van der Waals surface area contributed by atoms with Gasteiger partial charge in [-0.2, -0.15) is 0 Å². The summed E-state index contributed by atoms with van der Waals surface area (Å²) in [6, 6.07) is 8.67. The molecule has 1 saturated heterocycles. The van der Waals surface area contributed by atoms with E-state index >= 15 is 0 Å². The summed E-state index contributed by atoms with van der Waals surface area (Å²) < 4.78 is 0. The minimum Gasteiger partial charge on any atom is -0.340 e. The van der Waals surface area contributed by atoms with Crippen molar-refractivity contribution >= 4 is 11.9 Å². The van der Waals surface area contributed by atoms with Gasteiger partial charge in [0, 0.05) is 31.6 Å². The standard InChI is InChI=1S/C22H33N3O2/c1-16(2)13-17-7-3-4-8-18(17)15-23-22(27)24-19-9-5-10-20(14-19)25-12-6-11-21(25)26/h3-4,7-8,16,19-20H,5-6,9-15H2,1-2H3,(H2,23,24,27). The van der Waals surface area contributed by atoms with Crippen molar-refractivity contribution in [2.75, 3.05) is 6.54 Å². The summed E-state index contributed by atoms with van der Waals surface area (Å²) in [6.45, 7) is 5.85. The van der Waals surface area contributed by atoms with Crippen LogP contribution in [0.1, 0.15) is 63.5 Å². The van der Waals surface area contributed by atoms with Gasteiger partial charge in [0.2, 0.25) is 5.91 Å². The predicted octanol–water partition coefficient (Wildman–Crippen LogP) is 3.62. The number of urea groups is 1. The maximum atomic E-state index is 12.4. The second kappa shape index (κ2) is 9.25. The summed E-state index contributed by atoms with van der Waals surface area (Å²) in [5.74, 6) is 0.874. The zero-order valence-electron chi connectivity index (χ0n) is 16.7. The molecule has 0 spiro atoms. The normalized spacial score (nSPS) is 22.9. The van der Waals surface area contributed by atoms with Gasteiger partial charge in [0.15, 0.2) is 0 Å². The number of carbonyl (C=O) groups excluding carboxylic acids is 2. The van der Waals surface area contributed by atoms with Crippen LogP contribution < -0.4 is 10.6 Å². The molecule has 2 fully saturated rings. The molecule has 3 amide bonds. The molecular weight excluding hydrogens is 338 g/mol. The molecule has 1 aliphatic carbocycles. The van der Waals surface area contributed by atoms with E-state index in [0.717, 1.165) is 45.1 Å². The lowest BCUT2D eigenvalue weighted by atomic mass is 9.90. The lowest BCUT2D eigenvalue weighted by Crippen LogP contribution is -2.48. The van der Waals surface area contributed by atoms with Crippen LogP contribution in [0.2, 0.25) is 0 Å². The fourth-order valence-corrected chi connectivity index (χ4v) is 4.41. The summed E-state index contributed by atoms with van der Waals surface area (Å²) in [5, 5.41) is 6.15. The van der Waals surface area contributed by atoms with Crippen molar-refractivity contribution in [3.63, 3.8) is 0 Å².